The molecule has 0 saturated heterocycles. The highest BCUT2D eigenvalue weighted by Gasteiger charge is 2.11. The van der Waals surface area contributed by atoms with Crippen molar-refractivity contribution in [1.29, 1.82) is 0 Å². The van der Waals surface area contributed by atoms with Crippen LogP contribution in [0.3, 0.4) is 0 Å². The van der Waals surface area contributed by atoms with Crippen LogP contribution in [0.25, 0.3) is 5.57 Å². The lowest BCUT2D eigenvalue weighted by atomic mass is 9.96. The molecule has 1 aromatic heterocycles. The average Bonchev–Trinajstić information content (AvgIpc) is 2.66. The summed E-state index contributed by atoms with van der Waals surface area (Å²) in [5.41, 5.74) is 5.90. The molecule has 0 saturated carbocycles. The predicted molar refractivity (Wildman–Crippen MR) is 115 cm³/mol. The molecule has 0 atom stereocenters. The van der Waals surface area contributed by atoms with E-state index < -0.39 is 5.82 Å². The van der Waals surface area contributed by atoms with Crippen molar-refractivity contribution in [2.24, 2.45) is 0 Å². The van der Waals surface area contributed by atoms with Gasteiger partial charge in [0.1, 0.15) is 5.82 Å². The molecule has 0 unspecified atom stereocenters. The molecule has 0 fully saturated rings. The van der Waals surface area contributed by atoms with E-state index in [4.69, 9.17) is 11.6 Å². The Kier molecular flexibility index (Phi) is 6.42. The Morgan fingerprint density at radius 1 is 1.14 bits per heavy atom. The number of anilines is 2. The molecule has 28 heavy (non-hydrogen) atoms. The van der Waals surface area contributed by atoms with Crippen molar-refractivity contribution in [2.45, 2.75) is 33.6 Å². The Morgan fingerprint density at radius 3 is 2.50 bits per heavy atom. The van der Waals surface area contributed by atoms with E-state index in [9.17, 15) is 4.39 Å². The zero-order valence-corrected chi connectivity index (χ0v) is 17.0. The summed E-state index contributed by atoms with van der Waals surface area (Å²) in [6.07, 6.45) is 5.92. The second kappa shape index (κ2) is 8.98. The number of allylic oxidation sites excluding steroid dienone is 1. The van der Waals surface area contributed by atoms with Gasteiger partial charge in [-0.25, -0.2) is 14.4 Å². The Morgan fingerprint density at radius 2 is 1.89 bits per heavy atom. The summed E-state index contributed by atoms with van der Waals surface area (Å²) in [5.74, 6) is -0.00729. The van der Waals surface area contributed by atoms with E-state index in [1.165, 1.54) is 17.7 Å². The smallest absolute Gasteiger partial charge is 0.227 e. The first-order valence-electron chi connectivity index (χ1n) is 9.36. The van der Waals surface area contributed by atoms with Crippen LogP contribution >= 0.6 is 11.6 Å². The number of rotatable bonds is 6. The Hall–Kier alpha value is -2.72. The van der Waals surface area contributed by atoms with E-state index in [2.05, 4.69) is 59.5 Å². The first-order valence-corrected chi connectivity index (χ1v) is 9.74. The molecule has 144 valence electrons. The van der Waals surface area contributed by atoms with Gasteiger partial charge in [0, 0.05) is 22.5 Å². The SMILES string of the molecule is CC/C=C(/c1ccc(CC)cc1)c1cnc(Nc2cc(F)cc(Cl)c2)nc1C. The van der Waals surface area contributed by atoms with E-state index >= 15 is 0 Å². The summed E-state index contributed by atoms with van der Waals surface area (Å²) in [6, 6.07) is 12.8. The first kappa shape index (κ1) is 20.0. The molecule has 0 spiro atoms. The average molecular weight is 396 g/mol. The maximum atomic E-state index is 13.5. The minimum absolute atomic E-state index is 0.319. The Bertz CT molecular complexity index is 977. The topological polar surface area (TPSA) is 37.8 Å². The second-order valence-corrected chi connectivity index (χ2v) is 6.99. The lowest BCUT2D eigenvalue weighted by Crippen LogP contribution is -2.02. The Balaban J connectivity index is 1.91. The number of aryl methyl sites for hydroxylation is 2. The highest BCUT2D eigenvalue weighted by atomic mass is 35.5. The third-order valence-corrected chi connectivity index (χ3v) is 4.69. The van der Waals surface area contributed by atoms with Gasteiger partial charge in [0.05, 0.1) is 5.69 Å². The largest absolute Gasteiger partial charge is 0.324 e. The maximum absolute atomic E-state index is 13.5. The van der Waals surface area contributed by atoms with Crippen LogP contribution in [0.1, 0.15) is 42.7 Å². The standard InChI is InChI=1S/C23H23ClFN3/c1-4-6-21(17-9-7-16(5-2)8-10-17)22-14-26-23(27-15(22)3)28-20-12-18(24)11-19(25)13-20/h6-14H,4-5H2,1-3H3,(H,26,27,28)/b21-6-. The normalized spacial score (nSPS) is 11.5. The molecule has 5 heteroatoms. The number of hydrogen-bond acceptors (Lipinski definition) is 3. The van der Waals surface area contributed by atoms with Gasteiger partial charge in [0.15, 0.2) is 0 Å². The van der Waals surface area contributed by atoms with E-state index in [1.807, 2.05) is 6.92 Å². The van der Waals surface area contributed by atoms with E-state index in [-0.39, 0.29) is 0 Å². The van der Waals surface area contributed by atoms with Gasteiger partial charge in [-0.15, -0.1) is 0 Å². The number of aromatic nitrogens is 2. The van der Waals surface area contributed by atoms with Crippen LogP contribution in [0.2, 0.25) is 5.02 Å². The highest BCUT2D eigenvalue weighted by Crippen LogP contribution is 2.27. The minimum atomic E-state index is -0.410. The van der Waals surface area contributed by atoms with Crippen molar-refractivity contribution < 1.29 is 4.39 Å². The Labute approximate surface area is 170 Å². The molecule has 0 amide bonds. The van der Waals surface area contributed by atoms with Crippen LogP contribution in [-0.4, -0.2) is 9.97 Å². The quantitative estimate of drug-likeness (QED) is 0.503. The molecule has 3 rings (SSSR count). The summed E-state index contributed by atoms with van der Waals surface area (Å²) in [7, 11) is 0. The fraction of sp³-hybridized carbons (Fsp3) is 0.217. The number of hydrogen-bond donors (Lipinski definition) is 1. The van der Waals surface area contributed by atoms with Crippen molar-refractivity contribution >= 4 is 28.8 Å². The van der Waals surface area contributed by atoms with Crippen LogP contribution < -0.4 is 5.32 Å². The minimum Gasteiger partial charge on any atom is -0.324 e. The molecule has 0 bridgehead atoms. The van der Waals surface area contributed by atoms with Gasteiger partial charge in [0.2, 0.25) is 5.95 Å². The summed E-state index contributed by atoms with van der Waals surface area (Å²) in [6.45, 7) is 6.21. The molecular formula is C23H23ClFN3. The number of halogens is 2. The highest BCUT2D eigenvalue weighted by molar-refractivity contribution is 6.30. The van der Waals surface area contributed by atoms with E-state index in [1.54, 1.807) is 12.3 Å². The lowest BCUT2D eigenvalue weighted by molar-refractivity contribution is 0.628. The molecule has 0 radical (unpaired) electrons. The van der Waals surface area contributed by atoms with Gasteiger partial charge < -0.3 is 5.32 Å². The second-order valence-electron chi connectivity index (χ2n) is 6.55. The van der Waals surface area contributed by atoms with Crippen LogP contribution in [0, 0.1) is 12.7 Å². The molecule has 0 aliphatic rings. The summed E-state index contributed by atoms with van der Waals surface area (Å²) < 4.78 is 13.5. The first-order chi connectivity index (χ1) is 13.5. The predicted octanol–water partition coefficient (Wildman–Crippen LogP) is 6.73. The molecule has 3 aromatic rings. The lowest BCUT2D eigenvalue weighted by Gasteiger charge is -2.13. The van der Waals surface area contributed by atoms with Crippen molar-refractivity contribution in [3.63, 3.8) is 0 Å². The monoisotopic (exact) mass is 395 g/mol. The molecule has 0 aliphatic heterocycles. The van der Waals surface area contributed by atoms with Crippen LogP contribution in [0.5, 0.6) is 0 Å². The maximum Gasteiger partial charge on any atom is 0.227 e. The van der Waals surface area contributed by atoms with Crippen molar-refractivity contribution in [3.8, 4) is 0 Å². The van der Waals surface area contributed by atoms with Crippen molar-refractivity contribution in [1.82, 2.24) is 9.97 Å². The van der Waals surface area contributed by atoms with Crippen molar-refractivity contribution in [3.05, 3.63) is 88.0 Å². The zero-order valence-electron chi connectivity index (χ0n) is 16.3. The third kappa shape index (κ3) is 4.76. The molecular weight excluding hydrogens is 373 g/mol. The van der Waals surface area contributed by atoms with E-state index in [0.717, 1.165) is 35.2 Å². The molecule has 1 N–H and O–H groups in total. The van der Waals surface area contributed by atoms with Gasteiger partial charge in [-0.2, -0.15) is 0 Å². The number of nitrogens with zero attached hydrogens (tertiary/aromatic N) is 2. The fourth-order valence-corrected chi connectivity index (χ4v) is 3.28. The van der Waals surface area contributed by atoms with E-state index in [0.29, 0.717) is 16.7 Å². The van der Waals surface area contributed by atoms with Gasteiger partial charge >= 0.3 is 0 Å². The molecule has 0 aliphatic carbocycles. The van der Waals surface area contributed by atoms with Gasteiger partial charge in [-0.3, -0.25) is 0 Å². The molecule has 1 heterocycles. The van der Waals surface area contributed by atoms with Crippen molar-refractivity contribution in [2.75, 3.05) is 5.32 Å². The number of benzene rings is 2. The van der Waals surface area contributed by atoms with Gasteiger partial charge in [-0.05, 0) is 54.7 Å². The molecule has 3 nitrogen and oxygen atoms in total. The fourth-order valence-electron chi connectivity index (χ4n) is 3.05. The summed E-state index contributed by atoms with van der Waals surface area (Å²) >= 11 is 5.91. The van der Waals surface area contributed by atoms with Gasteiger partial charge in [-0.1, -0.05) is 55.8 Å². The summed E-state index contributed by atoms with van der Waals surface area (Å²) in [5, 5.41) is 3.33. The third-order valence-electron chi connectivity index (χ3n) is 4.47. The summed E-state index contributed by atoms with van der Waals surface area (Å²) in [4.78, 5) is 8.99. The van der Waals surface area contributed by atoms with Crippen LogP contribution in [-0.2, 0) is 6.42 Å². The zero-order chi connectivity index (χ0) is 20.1. The van der Waals surface area contributed by atoms with Crippen LogP contribution in [0.4, 0.5) is 16.0 Å². The van der Waals surface area contributed by atoms with Gasteiger partial charge in [0.25, 0.3) is 0 Å². The van der Waals surface area contributed by atoms with Crippen LogP contribution in [0.15, 0.2) is 54.7 Å². The molecule has 2 aromatic carbocycles. The number of nitrogens with one attached hydrogen (secondary N) is 1.